The summed E-state index contributed by atoms with van der Waals surface area (Å²) in [5, 5.41) is 0. The van der Waals surface area contributed by atoms with Crippen LogP contribution >= 0.6 is 0 Å². The molecule has 0 aliphatic heterocycles. The molecule has 0 saturated carbocycles. The largest absolute Gasteiger partial charge is 0.401 e. The molecule has 0 bridgehead atoms. The number of allylic oxidation sites excluding steroid dienone is 1. The summed E-state index contributed by atoms with van der Waals surface area (Å²) in [7, 11) is -1.68. The van der Waals surface area contributed by atoms with Crippen molar-refractivity contribution >= 4 is 14.4 Å². The second-order valence-corrected chi connectivity index (χ2v) is 12.6. The van der Waals surface area contributed by atoms with Crippen LogP contribution in [0.3, 0.4) is 0 Å². The molecule has 0 aliphatic carbocycles. The summed E-state index contributed by atoms with van der Waals surface area (Å²) in [5.74, 6) is 7.90. The highest BCUT2D eigenvalue weighted by Crippen LogP contribution is 2.33. The maximum atomic E-state index is 6.60. The van der Waals surface area contributed by atoms with E-state index < -0.39 is 8.32 Å². The topological polar surface area (TPSA) is 9.23 Å². The van der Waals surface area contributed by atoms with Crippen molar-refractivity contribution in [1.82, 2.24) is 0 Å². The standard InChI is InChI=1S/C22H34OSi/c1-18(2)22(19(3)4,23-24(6,7)8)17-16-20(5)14-15-21-12-10-9-11-13-21/h9-15,18-20H,1-8H3/b15-14+/t20-/m0/s1. The van der Waals surface area contributed by atoms with Gasteiger partial charge in [-0.05, 0) is 44.0 Å². The Morgan fingerprint density at radius 1 is 0.958 bits per heavy atom. The number of hydrogen-bond acceptors (Lipinski definition) is 1. The van der Waals surface area contributed by atoms with Crippen molar-refractivity contribution in [3.63, 3.8) is 0 Å². The van der Waals surface area contributed by atoms with Crippen LogP contribution in [0.2, 0.25) is 19.6 Å². The van der Waals surface area contributed by atoms with Gasteiger partial charge in [-0.1, -0.05) is 82.0 Å². The van der Waals surface area contributed by atoms with Crippen molar-refractivity contribution in [2.45, 2.75) is 59.9 Å². The smallest absolute Gasteiger partial charge is 0.185 e. The van der Waals surface area contributed by atoms with Crippen molar-refractivity contribution in [2.24, 2.45) is 17.8 Å². The molecule has 1 aromatic rings. The van der Waals surface area contributed by atoms with Gasteiger partial charge in [-0.25, -0.2) is 0 Å². The maximum Gasteiger partial charge on any atom is 0.185 e. The Morgan fingerprint density at radius 3 is 1.96 bits per heavy atom. The van der Waals surface area contributed by atoms with Gasteiger partial charge >= 0.3 is 0 Å². The summed E-state index contributed by atoms with van der Waals surface area (Å²) in [6.07, 6.45) is 4.31. The molecule has 2 heteroatoms. The van der Waals surface area contributed by atoms with Gasteiger partial charge in [-0.2, -0.15) is 0 Å². The number of benzene rings is 1. The summed E-state index contributed by atoms with van der Waals surface area (Å²) in [6.45, 7) is 17.8. The first-order valence-electron chi connectivity index (χ1n) is 9.03. The summed E-state index contributed by atoms with van der Waals surface area (Å²) >= 11 is 0. The second kappa shape index (κ2) is 8.69. The van der Waals surface area contributed by atoms with Gasteiger partial charge < -0.3 is 4.43 Å². The van der Waals surface area contributed by atoms with E-state index in [0.29, 0.717) is 11.8 Å². The monoisotopic (exact) mass is 342 g/mol. The molecule has 0 aromatic heterocycles. The molecule has 24 heavy (non-hydrogen) atoms. The van der Waals surface area contributed by atoms with Gasteiger partial charge in [0, 0.05) is 5.92 Å². The first-order valence-corrected chi connectivity index (χ1v) is 12.4. The van der Waals surface area contributed by atoms with E-state index in [-0.39, 0.29) is 11.5 Å². The average molecular weight is 343 g/mol. The molecule has 0 aliphatic rings. The van der Waals surface area contributed by atoms with Crippen LogP contribution in [0.25, 0.3) is 6.08 Å². The van der Waals surface area contributed by atoms with Gasteiger partial charge in [0.1, 0.15) is 5.60 Å². The molecule has 1 aromatic carbocycles. The average Bonchev–Trinajstić information content (AvgIpc) is 2.48. The number of rotatable bonds is 6. The Labute approximate surface area is 150 Å². The van der Waals surface area contributed by atoms with Crippen LogP contribution in [0.15, 0.2) is 36.4 Å². The third-order valence-electron chi connectivity index (χ3n) is 4.06. The van der Waals surface area contributed by atoms with Gasteiger partial charge in [0.05, 0.1) is 0 Å². The molecular formula is C22H34OSi. The van der Waals surface area contributed by atoms with Crippen molar-refractivity contribution in [3.05, 3.63) is 42.0 Å². The Morgan fingerprint density at radius 2 is 1.50 bits per heavy atom. The minimum absolute atomic E-state index is 0.201. The zero-order valence-electron chi connectivity index (χ0n) is 16.7. The predicted molar refractivity (Wildman–Crippen MR) is 109 cm³/mol. The highest BCUT2D eigenvalue weighted by molar-refractivity contribution is 6.69. The Kier molecular flexibility index (Phi) is 7.51. The minimum Gasteiger partial charge on any atom is -0.401 e. The highest BCUT2D eigenvalue weighted by atomic mass is 28.4. The third-order valence-corrected chi connectivity index (χ3v) is 5.01. The Bertz CT molecular complexity index is 574. The van der Waals surface area contributed by atoms with E-state index in [1.807, 2.05) is 6.07 Å². The molecule has 0 fully saturated rings. The molecule has 0 amide bonds. The molecule has 0 unspecified atom stereocenters. The first-order chi connectivity index (χ1) is 11.1. The van der Waals surface area contributed by atoms with E-state index in [2.05, 4.69) is 103 Å². The van der Waals surface area contributed by atoms with E-state index >= 15 is 0 Å². The molecule has 0 N–H and O–H groups in total. The molecule has 0 spiro atoms. The van der Waals surface area contributed by atoms with Crippen molar-refractivity contribution in [3.8, 4) is 11.8 Å². The zero-order chi connectivity index (χ0) is 18.4. The van der Waals surface area contributed by atoms with E-state index in [9.17, 15) is 0 Å². The van der Waals surface area contributed by atoms with Crippen LogP contribution in [0.5, 0.6) is 0 Å². The lowest BCUT2D eigenvalue weighted by atomic mass is 9.80. The highest BCUT2D eigenvalue weighted by Gasteiger charge is 2.40. The van der Waals surface area contributed by atoms with Crippen LogP contribution in [0, 0.1) is 29.6 Å². The van der Waals surface area contributed by atoms with E-state index in [1.54, 1.807) is 0 Å². The lowest BCUT2D eigenvalue weighted by Crippen LogP contribution is -2.49. The predicted octanol–water partition coefficient (Wildman–Crippen LogP) is 6.24. The summed E-state index contributed by atoms with van der Waals surface area (Å²) < 4.78 is 6.60. The maximum absolute atomic E-state index is 6.60. The molecular weight excluding hydrogens is 308 g/mol. The lowest BCUT2D eigenvalue weighted by Gasteiger charge is -2.41. The van der Waals surface area contributed by atoms with Gasteiger partial charge in [0.15, 0.2) is 8.32 Å². The van der Waals surface area contributed by atoms with E-state index in [0.717, 1.165) is 0 Å². The summed E-state index contributed by atoms with van der Waals surface area (Å²) in [5.41, 5.74) is 0.850. The van der Waals surface area contributed by atoms with Crippen LogP contribution in [-0.2, 0) is 4.43 Å². The summed E-state index contributed by atoms with van der Waals surface area (Å²) in [6, 6.07) is 10.4. The fourth-order valence-electron chi connectivity index (χ4n) is 2.82. The second-order valence-electron chi connectivity index (χ2n) is 8.14. The van der Waals surface area contributed by atoms with Crippen LogP contribution in [-0.4, -0.2) is 13.9 Å². The van der Waals surface area contributed by atoms with Gasteiger partial charge in [-0.3, -0.25) is 0 Å². The van der Waals surface area contributed by atoms with Crippen molar-refractivity contribution in [1.29, 1.82) is 0 Å². The molecule has 1 nitrogen and oxygen atoms in total. The fourth-order valence-corrected chi connectivity index (χ4v) is 4.35. The SMILES string of the molecule is CC(C)C(C#C[C@@H](C)/C=C/c1ccccc1)(O[Si](C)(C)C)C(C)C. The normalized spacial score (nSPS) is 14.1. The van der Waals surface area contributed by atoms with Crippen molar-refractivity contribution in [2.75, 3.05) is 0 Å². The van der Waals surface area contributed by atoms with Crippen LogP contribution in [0.1, 0.15) is 40.2 Å². The van der Waals surface area contributed by atoms with E-state index in [1.165, 1.54) is 5.56 Å². The zero-order valence-corrected chi connectivity index (χ0v) is 17.7. The lowest BCUT2D eigenvalue weighted by molar-refractivity contribution is 0.0274. The molecule has 1 atom stereocenters. The Balaban J connectivity index is 3.02. The quantitative estimate of drug-likeness (QED) is 0.439. The Hall–Kier alpha value is -1.30. The fraction of sp³-hybridized carbons (Fsp3) is 0.545. The molecule has 132 valence electrons. The minimum atomic E-state index is -1.68. The van der Waals surface area contributed by atoms with Crippen LogP contribution in [0.4, 0.5) is 0 Å². The molecule has 1 rings (SSSR count). The van der Waals surface area contributed by atoms with Crippen LogP contribution < -0.4 is 0 Å². The summed E-state index contributed by atoms with van der Waals surface area (Å²) in [4.78, 5) is 0. The molecule has 0 radical (unpaired) electrons. The molecule has 0 saturated heterocycles. The van der Waals surface area contributed by atoms with Gasteiger partial charge in [-0.15, -0.1) is 0 Å². The van der Waals surface area contributed by atoms with Gasteiger partial charge in [0.25, 0.3) is 0 Å². The van der Waals surface area contributed by atoms with Gasteiger partial charge in [0.2, 0.25) is 0 Å². The number of hydrogen-bond donors (Lipinski definition) is 0. The third kappa shape index (κ3) is 6.30. The molecule has 0 heterocycles. The first kappa shape index (κ1) is 20.7. The van der Waals surface area contributed by atoms with Crippen molar-refractivity contribution < 1.29 is 4.43 Å². The van der Waals surface area contributed by atoms with E-state index in [4.69, 9.17) is 4.43 Å².